The number of halogens is 1. The highest BCUT2D eigenvalue weighted by Crippen LogP contribution is 2.36. The molecule has 0 spiro atoms. The highest BCUT2D eigenvalue weighted by atomic mass is 32.2. The summed E-state index contributed by atoms with van der Waals surface area (Å²) in [7, 11) is -3.54. The number of hydrogen-bond acceptors (Lipinski definition) is 8. The monoisotopic (exact) mass is 486 g/mol. The molecule has 0 bridgehead atoms. The molecular formula is C21H27FN2O8S. The van der Waals surface area contributed by atoms with Crippen molar-refractivity contribution >= 4 is 21.6 Å². The van der Waals surface area contributed by atoms with Crippen LogP contribution in [0.1, 0.15) is 13.8 Å². The van der Waals surface area contributed by atoms with E-state index in [9.17, 15) is 27.8 Å². The summed E-state index contributed by atoms with van der Waals surface area (Å²) in [6.45, 7) is 3.16. The van der Waals surface area contributed by atoms with E-state index in [1.807, 2.05) is 0 Å². The third-order valence-corrected chi connectivity index (χ3v) is 4.88. The Morgan fingerprint density at radius 1 is 1.21 bits per heavy atom. The average molecular weight is 487 g/mol. The third kappa shape index (κ3) is 7.37. The molecule has 1 aliphatic rings. The molecule has 1 amide bonds. The minimum atomic E-state index is -3.54. The Morgan fingerprint density at radius 3 is 2.45 bits per heavy atom. The van der Waals surface area contributed by atoms with Crippen LogP contribution in [-0.4, -0.2) is 67.2 Å². The summed E-state index contributed by atoms with van der Waals surface area (Å²) in [5, 5.41) is 29.8. The van der Waals surface area contributed by atoms with Gasteiger partial charge < -0.3 is 30.1 Å². The second-order valence-electron chi connectivity index (χ2n) is 7.11. The number of nitrogens with one attached hydrogen (secondary N) is 2. The summed E-state index contributed by atoms with van der Waals surface area (Å²) >= 11 is 0. The standard InChI is InChI=1S/C19H21FN2O7S.C2H6O/c1-10(23)21-16-17(24)18(25)29-19(16)28-14-8-4-7-13(20)15(14)11-5-3-6-12(9-11)22-30(2,26)27;1-2-3/h3-9,16-19,22,24-25H,1-2H3,(H,21,23);3H,2H2,1H3. The van der Waals surface area contributed by atoms with Gasteiger partial charge >= 0.3 is 0 Å². The number of benzene rings is 2. The van der Waals surface area contributed by atoms with Crippen molar-refractivity contribution in [3.8, 4) is 16.9 Å². The fourth-order valence-corrected chi connectivity index (χ4v) is 3.65. The van der Waals surface area contributed by atoms with E-state index >= 15 is 0 Å². The Morgan fingerprint density at radius 2 is 1.85 bits per heavy atom. The first-order valence-corrected chi connectivity index (χ1v) is 11.8. The predicted octanol–water partition coefficient (Wildman–Crippen LogP) is 0.782. The van der Waals surface area contributed by atoms with Crippen LogP contribution in [0.5, 0.6) is 5.75 Å². The Hall–Kier alpha value is -2.77. The van der Waals surface area contributed by atoms with Gasteiger partial charge in [0.15, 0.2) is 6.29 Å². The number of rotatable bonds is 6. The summed E-state index contributed by atoms with van der Waals surface area (Å²) in [6, 6.07) is 8.97. The Kier molecular flexibility index (Phi) is 9.14. The maximum absolute atomic E-state index is 14.7. The van der Waals surface area contributed by atoms with Gasteiger partial charge in [0.05, 0.1) is 11.8 Å². The SMILES string of the molecule is CC(=O)NC1C(Oc2cccc(F)c2-c2cccc(NS(C)(=O)=O)c2)OC(O)C1O.CCO. The maximum atomic E-state index is 14.7. The first-order chi connectivity index (χ1) is 15.5. The molecule has 3 rings (SSSR count). The molecule has 12 heteroatoms. The van der Waals surface area contributed by atoms with Crippen molar-refractivity contribution in [2.45, 2.75) is 38.6 Å². The van der Waals surface area contributed by atoms with E-state index < -0.39 is 46.5 Å². The molecule has 1 saturated heterocycles. The minimum absolute atomic E-state index is 0.00755. The smallest absolute Gasteiger partial charge is 0.229 e. The summed E-state index contributed by atoms with van der Waals surface area (Å²) in [5.41, 5.74) is 0.547. The molecule has 1 fully saturated rings. The lowest BCUT2D eigenvalue weighted by Gasteiger charge is -2.23. The van der Waals surface area contributed by atoms with Gasteiger partial charge in [0.1, 0.15) is 23.7 Å². The summed E-state index contributed by atoms with van der Waals surface area (Å²) in [4.78, 5) is 11.4. The number of carbonyl (C=O) groups is 1. The molecule has 0 aliphatic carbocycles. The fourth-order valence-electron chi connectivity index (χ4n) is 3.09. The molecule has 1 aliphatic heterocycles. The maximum Gasteiger partial charge on any atom is 0.229 e. The van der Waals surface area contributed by atoms with Crippen molar-refractivity contribution in [3.05, 3.63) is 48.3 Å². The zero-order chi connectivity index (χ0) is 24.8. The Bertz CT molecular complexity index is 1070. The zero-order valence-electron chi connectivity index (χ0n) is 18.2. The van der Waals surface area contributed by atoms with E-state index in [1.54, 1.807) is 19.1 Å². The molecule has 182 valence electrons. The predicted molar refractivity (Wildman–Crippen MR) is 118 cm³/mol. The highest BCUT2D eigenvalue weighted by molar-refractivity contribution is 7.92. The molecule has 0 aromatic heterocycles. The van der Waals surface area contributed by atoms with Crippen LogP contribution in [0.4, 0.5) is 10.1 Å². The molecule has 2 aromatic rings. The molecule has 5 N–H and O–H groups in total. The van der Waals surface area contributed by atoms with Crippen LogP contribution in [0.25, 0.3) is 11.1 Å². The van der Waals surface area contributed by atoms with E-state index in [4.69, 9.17) is 14.6 Å². The summed E-state index contributed by atoms with van der Waals surface area (Å²) in [6.07, 6.45) is -3.35. The topological polar surface area (TPSA) is 154 Å². The van der Waals surface area contributed by atoms with Crippen LogP contribution < -0.4 is 14.8 Å². The van der Waals surface area contributed by atoms with Gasteiger partial charge in [-0.1, -0.05) is 18.2 Å². The lowest BCUT2D eigenvalue weighted by Crippen LogP contribution is -2.48. The summed E-state index contributed by atoms with van der Waals surface area (Å²) in [5.74, 6) is -1.13. The van der Waals surface area contributed by atoms with Crippen LogP contribution in [0, 0.1) is 5.82 Å². The highest BCUT2D eigenvalue weighted by Gasteiger charge is 2.45. The quantitative estimate of drug-likeness (QED) is 0.401. The second-order valence-corrected chi connectivity index (χ2v) is 8.86. The summed E-state index contributed by atoms with van der Waals surface area (Å²) < 4.78 is 50.9. The molecule has 10 nitrogen and oxygen atoms in total. The van der Waals surface area contributed by atoms with Gasteiger partial charge in [0, 0.05) is 19.2 Å². The third-order valence-electron chi connectivity index (χ3n) is 4.27. The van der Waals surface area contributed by atoms with Gasteiger partial charge in [-0.2, -0.15) is 0 Å². The van der Waals surface area contributed by atoms with Crippen molar-refractivity contribution in [2.24, 2.45) is 0 Å². The Labute approximate surface area is 191 Å². The van der Waals surface area contributed by atoms with E-state index in [0.717, 1.165) is 6.26 Å². The number of anilines is 1. The van der Waals surface area contributed by atoms with Crippen LogP contribution in [0.15, 0.2) is 42.5 Å². The fraction of sp³-hybridized carbons (Fsp3) is 0.381. The van der Waals surface area contributed by atoms with Gasteiger partial charge in [0.25, 0.3) is 0 Å². The molecular weight excluding hydrogens is 459 g/mol. The van der Waals surface area contributed by atoms with E-state index in [0.29, 0.717) is 5.56 Å². The lowest BCUT2D eigenvalue weighted by atomic mass is 10.0. The van der Waals surface area contributed by atoms with Crippen molar-refractivity contribution < 1.29 is 42.4 Å². The number of amides is 1. The van der Waals surface area contributed by atoms with Crippen LogP contribution in [0.3, 0.4) is 0 Å². The number of carbonyl (C=O) groups excluding carboxylic acids is 1. The van der Waals surface area contributed by atoms with Gasteiger partial charge in [-0.05, 0) is 36.8 Å². The number of ether oxygens (including phenoxy) is 2. The van der Waals surface area contributed by atoms with E-state index in [1.165, 1.54) is 37.3 Å². The molecule has 0 radical (unpaired) electrons. The second kappa shape index (κ2) is 11.4. The normalized spacial score (nSPS) is 22.2. The largest absolute Gasteiger partial charge is 0.462 e. The van der Waals surface area contributed by atoms with Crippen LogP contribution in [-0.2, 0) is 19.6 Å². The van der Waals surface area contributed by atoms with Crippen molar-refractivity contribution in [3.63, 3.8) is 0 Å². The molecule has 4 unspecified atom stereocenters. The average Bonchev–Trinajstić information content (AvgIpc) is 2.95. The van der Waals surface area contributed by atoms with Crippen molar-refractivity contribution in [2.75, 3.05) is 17.6 Å². The number of sulfonamides is 1. The molecule has 33 heavy (non-hydrogen) atoms. The molecule has 2 aromatic carbocycles. The molecule has 4 atom stereocenters. The number of aliphatic hydroxyl groups is 3. The molecule has 1 heterocycles. The first kappa shape index (κ1) is 26.5. The number of aliphatic hydroxyl groups excluding tert-OH is 3. The van der Waals surface area contributed by atoms with Crippen molar-refractivity contribution in [1.82, 2.24) is 5.32 Å². The van der Waals surface area contributed by atoms with Gasteiger partial charge in [0.2, 0.25) is 22.2 Å². The van der Waals surface area contributed by atoms with Gasteiger partial charge in [-0.25, -0.2) is 12.8 Å². The van der Waals surface area contributed by atoms with Crippen LogP contribution >= 0.6 is 0 Å². The lowest BCUT2D eigenvalue weighted by molar-refractivity contribution is -0.168. The van der Waals surface area contributed by atoms with Crippen molar-refractivity contribution in [1.29, 1.82) is 0 Å². The Balaban J connectivity index is 0.00000122. The van der Waals surface area contributed by atoms with E-state index in [2.05, 4.69) is 10.0 Å². The van der Waals surface area contributed by atoms with Crippen LogP contribution in [0.2, 0.25) is 0 Å². The van der Waals surface area contributed by atoms with E-state index in [-0.39, 0.29) is 23.6 Å². The minimum Gasteiger partial charge on any atom is -0.462 e. The van der Waals surface area contributed by atoms with Gasteiger partial charge in [-0.3, -0.25) is 9.52 Å². The van der Waals surface area contributed by atoms with Gasteiger partial charge in [-0.15, -0.1) is 0 Å². The first-order valence-electron chi connectivity index (χ1n) is 9.89. The molecule has 0 saturated carbocycles. The number of hydrogen-bond donors (Lipinski definition) is 5. The zero-order valence-corrected chi connectivity index (χ0v) is 19.0.